The minimum absolute atomic E-state index is 0.0701. The van der Waals surface area contributed by atoms with Crippen LogP contribution >= 0.6 is 23.4 Å². The SMILES string of the molecule is O=C(Nc1cc(F)c(F)cn1)c1ccc(Cl)c(S[C@H]2CC[C@H](O)CC2)c1. The number of nitrogens with one attached hydrogen (secondary N) is 1. The first-order chi connectivity index (χ1) is 12.4. The summed E-state index contributed by atoms with van der Waals surface area (Å²) in [4.78, 5) is 16.8. The van der Waals surface area contributed by atoms with Crippen LogP contribution in [-0.4, -0.2) is 27.4 Å². The van der Waals surface area contributed by atoms with Gasteiger partial charge in [0.2, 0.25) is 0 Å². The Morgan fingerprint density at radius 1 is 1.19 bits per heavy atom. The van der Waals surface area contributed by atoms with Crippen LogP contribution < -0.4 is 5.32 Å². The number of aromatic nitrogens is 1. The van der Waals surface area contributed by atoms with Crippen LogP contribution in [0.3, 0.4) is 0 Å². The van der Waals surface area contributed by atoms with Crippen molar-refractivity contribution in [1.82, 2.24) is 4.98 Å². The van der Waals surface area contributed by atoms with Crippen LogP contribution in [0.2, 0.25) is 5.02 Å². The number of aliphatic hydroxyl groups excluding tert-OH is 1. The molecule has 0 bridgehead atoms. The van der Waals surface area contributed by atoms with Crippen LogP contribution in [0, 0.1) is 11.6 Å². The molecule has 1 aliphatic carbocycles. The molecule has 0 aliphatic heterocycles. The second-order valence-electron chi connectivity index (χ2n) is 6.13. The fourth-order valence-electron chi connectivity index (χ4n) is 2.75. The summed E-state index contributed by atoms with van der Waals surface area (Å²) in [5, 5.41) is 12.9. The number of hydrogen-bond donors (Lipinski definition) is 2. The third-order valence-electron chi connectivity index (χ3n) is 4.18. The monoisotopic (exact) mass is 398 g/mol. The van der Waals surface area contributed by atoms with Crippen molar-refractivity contribution in [3.8, 4) is 0 Å². The van der Waals surface area contributed by atoms with Crippen LogP contribution in [0.4, 0.5) is 14.6 Å². The Labute approximate surface area is 159 Å². The summed E-state index contributed by atoms with van der Waals surface area (Å²) in [6.45, 7) is 0. The molecule has 138 valence electrons. The Bertz CT molecular complexity index is 814. The van der Waals surface area contributed by atoms with E-state index in [4.69, 9.17) is 11.6 Å². The van der Waals surface area contributed by atoms with Crippen molar-refractivity contribution in [2.24, 2.45) is 0 Å². The fourth-order valence-corrected chi connectivity index (χ4v) is 4.24. The first-order valence-corrected chi connectivity index (χ1v) is 9.45. The van der Waals surface area contributed by atoms with Crippen molar-refractivity contribution >= 4 is 35.1 Å². The molecule has 1 saturated carbocycles. The molecule has 1 aromatic carbocycles. The number of carbonyl (C=O) groups excluding carboxylic acids is 1. The second-order valence-corrected chi connectivity index (χ2v) is 7.88. The molecular formula is C18H17ClF2N2O2S. The maximum atomic E-state index is 13.2. The highest BCUT2D eigenvalue weighted by molar-refractivity contribution is 8.00. The molecule has 26 heavy (non-hydrogen) atoms. The van der Waals surface area contributed by atoms with Gasteiger partial charge in [-0.25, -0.2) is 13.8 Å². The van der Waals surface area contributed by atoms with Crippen LogP contribution in [-0.2, 0) is 0 Å². The van der Waals surface area contributed by atoms with E-state index in [1.807, 2.05) is 0 Å². The lowest BCUT2D eigenvalue weighted by atomic mass is 9.97. The Kier molecular flexibility index (Phi) is 6.11. The summed E-state index contributed by atoms with van der Waals surface area (Å²) in [5.41, 5.74) is 0.347. The maximum Gasteiger partial charge on any atom is 0.256 e. The Morgan fingerprint density at radius 2 is 1.92 bits per heavy atom. The molecule has 2 N–H and O–H groups in total. The highest BCUT2D eigenvalue weighted by Crippen LogP contribution is 2.37. The number of benzene rings is 1. The number of rotatable bonds is 4. The zero-order valence-corrected chi connectivity index (χ0v) is 15.3. The summed E-state index contributed by atoms with van der Waals surface area (Å²) in [6, 6.07) is 5.70. The van der Waals surface area contributed by atoms with Crippen LogP contribution in [0.25, 0.3) is 0 Å². The van der Waals surface area contributed by atoms with Gasteiger partial charge >= 0.3 is 0 Å². The largest absolute Gasteiger partial charge is 0.393 e. The van der Waals surface area contributed by atoms with E-state index in [1.54, 1.807) is 30.0 Å². The molecule has 0 unspecified atom stereocenters. The standard InChI is InChI=1S/C18H17ClF2N2O2S/c19-13-6-1-10(7-16(13)26-12-4-2-11(24)3-5-12)18(25)23-17-8-14(20)15(21)9-22-17/h1,6-9,11-12,24H,2-5H2,(H,22,23,25)/t11-,12-. The van der Waals surface area contributed by atoms with E-state index in [0.29, 0.717) is 22.0 Å². The zero-order chi connectivity index (χ0) is 18.7. The molecule has 0 atom stereocenters. The number of amides is 1. The molecular weight excluding hydrogens is 382 g/mol. The molecule has 8 heteroatoms. The zero-order valence-electron chi connectivity index (χ0n) is 13.7. The Morgan fingerprint density at radius 3 is 2.62 bits per heavy atom. The van der Waals surface area contributed by atoms with Gasteiger partial charge in [0, 0.05) is 21.8 Å². The fraction of sp³-hybridized carbons (Fsp3) is 0.333. The molecule has 1 fully saturated rings. The number of nitrogens with zero attached hydrogens (tertiary/aromatic N) is 1. The van der Waals surface area contributed by atoms with Gasteiger partial charge in [0.1, 0.15) is 5.82 Å². The van der Waals surface area contributed by atoms with E-state index in [0.717, 1.165) is 36.6 Å². The highest BCUT2D eigenvalue weighted by Gasteiger charge is 2.21. The van der Waals surface area contributed by atoms with Crippen molar-refractivity contribution < 1.29 is 18.7 Å². The van der Waals surface area contributed by atoms with Crippen molar-refractivity contribution in [3.63, 3.8) is 0 Å². The van der Waals surface area contributed by atoms with E-state index >= 15 is 0 Å². The number of halogens is 3. The van der Waals surface area contributed by atoms with Gasteiger partial charge in [-0.2, -0.15) is 0 Å². The Balaban J connectivity index is 1.71. The molecule has 1 aliphatic rings. The minimum Gasteiger partial charge on any atom is -0.393 e. The first kappa shape index (κ1) is 19.1. The minimum atomic E-state index is -1.08. The average molecular weight is 399 g/mol. The van der Waals surface area contributed by atoms with E-state index in [2.05, 4.69) is 10.3 Å². The highest BCUT2D eigenvalue weighted by atomic mass is 35.5. The van der Waals surface area contributed by atoms with E-state index in [9.17, 15) is 18.7 Å². The lowest BCUT2D eigenvalue weighted by Crippen LogP contribution is -2.19. The van der Waals surface area contributed by atoms with Crippen LogP contribution in [0.1, 0.15) is 36.0 Å². The topological polar surface area (TPSA) is 62.2 Å². The first-order valence-electron chi connectivity index (χ1n) is 8.19. The molecule has 0 spiro atoms. The lowest BCUT2D eigenvalue weighted by Gasteiger charge is -2.25. The molecule has 3 rings (SSSR count). The van der Waals surface area contributed by atoms with Gasteiger partial charge in [0.25, 0.3) is 5.91 Å². The summed E-state index contributed by atoms with van der Waals surface area (Å²) in [5.74, 6) is -2.71. The molecule has 1 heterocycles. The van der Waals surface area contributed by atoms with Gasteiger partial charge in [0.05, 0.1) is 17.3 Å². The third-order valence-corrected chi connectivity index (χ3v) is 6.02. The van der Waals surface area contributed by atoms with E-state index in [-0.39, 0.29) is 11.9 Å². The Hall–Kier alpha value is -1.70. The number of carbonyl (C=O) groups is 1. The molecule has 2 aromatic rings. The predicted octanol–water partition coefficient (Wildman–Crippen LogP) is 4.66. The quantitative estimate of drug-likeness (QED) is 0.786. The maximum absolute atomic E-state index is 13.2. The van der Waals surface area contributed by atoms with Gasteiger partial charge in [-0.05, 0) is 43.9 Å². The van der Waals surface area contributed by atoms with Crippen molar-refractivity contribution in [2.75, 3.05) is 5.32 Å². The smallest absolute Gasteiger partial charge is 0.256 e. The number of hydrogen-bond acceptors (Lipinski definition) is 4. The van der Waals surface area contributed by atoms with E-state index < -0.39 is 17.5 Å². The number of aliphatic hydroxyl groups is 1. The predicted molar refractivity (Wildman–Crippen MR) is 97.7 cm³/mol. The van der Waals surface area contributed by atoms with Gasteiger partial charge < -0.3 is 10.4 Å². The molecule has 4 nitrogen and oxygen atoms in total. The summed E-state index contributed by atoms with van der Waals surface area (Å²) in [6.07, 6.45) is 3.78. The third kappa shape index (κ3) is 4.72. The lowest BCUT2D eigenvalue weighted by molar-refractivity contribution is 0.102. The van der Waals surface area contributed by atoms with Crippen molar-refractivity contribution in [1.29, 1.82) is 0 Å². The number of anilines is 1. The van der Waals surface area contributed by atoms with Gasteiger partial charge in [0.15, 0.2) is 11.6 Å². The summed E-state index contributed by atoms with van der Waals surface area (Å²) < 4.78 is 26.2. The number of pyridine rings is 1. The van der Waals surface area contributed by atoms with Crippen LogP contribution in [0.5, 0.6) is 0 Å². The summed E-state index contributed by atoms with van der Waals surface area (Å²) in [7, 11) is 0. The second kappa shape index (κ2) is 8.33. The average Bonchev–Trinajstić information content (AvgIpc) is 2.62. The normalized spacial score (nSPS) is 20.0. The van der Waals surface area contributed by atoms with Crippen LogP contribution in [0.15, 0.2) is 35.4 Å². The molecule has 1 aromatic heterocycles. The van der Waals surface area contributed by atoms with Gasteiger partial charge in [-0.15, -0.1) is 11.8 Å². The van der Waals surface area contributed by atoms with Crippen molar-refractivity contribution in [3.05, 3.63) is 52.7 Å². The van der Waals surface area contributed by atoms with Gasteiger partial charge in [-0.1, -0.05) is 11.6 Å². The van der Waals surface area contributed by atoms with Crippen molar-refractivity contribution in [2.45, 2.75) is 41.9 Å². The van der Waals surface area contributed by atoms with E-state index in [1.165, 1.54) is 0 Å². The molecule has 1 amide bonds. The summed E-state index contributed by atoms with van der Waals surface area (Å²) >= 11 is 7.83. The molecule has 0 radical (unpaired) electrons. The molecule has 0 saturated heterocycles. The number of thioether (sulfide) groups is 1. The van der Waals surface area contributed by atoms with Gasteiger partial charge in [-0.3, -0.25) is 4.79 Å².